The Morgan fingerprint density at radius 1 is 0.921 bits per heavy atom. The Kier molecular flexibility index (Phi) is 9.74. The molecule has 8 N–H and O–H groups in total. The van der Waals surface area contributed by atoms with Crippen molar-refractivity contribution in [3.63, 3.8) is 0 Å². The third-order valence-electron chi connectivity index (χ3n) is 6.01. The van der Waals surface area contributed by atoms with E-state index < -0.39 is 47.9 Å². The molecule has 0 aliphatic rings. The average molecular weight is 542 g/mol. The normalized spacial score (nSPS) is 14.2. The molecule has 3 amide bonds. The first-order chi connectivity index (χ1) is 18.1. The summed E-state index contributed by atoms with van der Waals surface area (Å²) in [5.41, 5.74) is 8.46. The van der Waals surface area contributed by atoms with E-state index in [9.17, 15) is 24.3 Å². The van der Waals surface area contributed by atoms with Gasteiger partial charge in [0.05, 0.1) is 6.04 Å². The smallest absolute Gasteiger partial charge is 0.325 e. The first kappa shape index (κ1) is 28.5. The molecule has 0 bridgehead atoms. The summed E-state index contributed by atoms with van der Waals surface area (Å²) in [6, 6.07) is 9.36. The van der Waals surface area contributed by atoms with Crippen molar-refractivity contribution in [3.05, 3.63) is 65.9 Å². The maximum Gasteiger partial charge on any atom is 0.325 e. The highest BCUT2D eigenvalue weighted by atomic mass is 32.1. The second-order valence-electron chi connectivity index (χ2n) is 8.91. The molecule has 0 saturated carbocycles. The quantitative estimate of drug-likeness (QED) is 0.153. The van der Waals surface area contributed by atoms with Crippen LogP contribution in [0.4, 0.5) is 0 Å². The predicted molar refractivity (Wildman–Crippen MR) is 145 cm³/mol. The number of H-pyrrole nitrogens is 1. The zero-order valence-corrected chi connectivity index (χ0v) is 21.6. The van der Waals surface area contributed by atoms with Gasteiger partial charge in [-0.25, -0.2) is 0 Å². The first-order valence-electron chi connectivity index (χ1n) is 11.9. The Balaban J connectivity index is 1.78. The van der Waals surface area contributed by atoms with Gasteiger partial charge in [0.25, 0.3) is 0 Å². The number of carboxylic acid groups (broad SMARTS) is 1. The fourth-order valence-corrected chi connectivity index (χ4v) is 4.09. The first-order valence-corrected chi connectivity index (χ1v) is 12.6. The highest BCUT2D eigenvalue weighted by Crippen LogP contribution is 2.19. The summed E-state index contributed by atoms with van der Waals surface area (Å²) in [4.78, 5) is 53.1. The Morgan fingerprint density at radius 2 is 1.55 bits per heavy atom. The van der Waals surface area contributed by atoms with Gasteiger partial charge in [0.1, 0.15) is 23.9 Å². The summed E-state index contributed by atoms with van der Waals surface area (Å²) in [6.45, 7) is 1.30. The minimum absolute atomic E-state index is 0.0859. The average Bonchev–Trinajstić information content (AvgIpc) is 3.30. The van der Waals surface area contributed by atoms with E-state index >= 15 is 0 Å². The number of carbonyl (C=O) groups is 4. The van der Waals surface area contributed by atoms with E-state index in [4.69, 9.17) is 10.8 Å². The van der Waals surface area contributed by atoms with Crippen LogP contribution < -0.4 is 21.7 Å². The molecule has 0 fully saturated rings. The lowest BCUT2D eigenvalue weighted by molar-refractivity contribution is -0.141. The highest BCUT2D eigenvalue weighted by molar-refractivity contribution is 7.80. The number of phenolic OH excluding ortho intramolecular Hbond substituents is 1. The molecule has 2 aromatic carbocycles. The molecule has 4 unspecified atom stereocenters. The summed E-state index contributed by atoms with van der Waals surface area (Å²) >= 11 is 4.12. The van der Waals surface area contributed by atoms with Crippen LogP contribution in [-0.4, -0.2) is 68.8 Å². The SMILES string of the molecule is CC(NC(=O)C(CS)NC(=O)C(Cc1c[nH]c2ccccc12)NC(=O)C(N)Cc1ccc(O)cc1)C(=O)O. The molecule has 11 nitrogen and oxygen atoms in total. The number of aromatic nitrogens is 1. The van der Waals surface area contributed by atoms with Crippen LogP contribution >= 0.6 is 12.6 Å². The lowest BCUT2D eigenvalue weighted by Crippen LogP contribution is -2.58. The molecule has 0 aliphatic heterocycles. The number of aliphatic carboxylic acids is 1. The van der Waals surface area contributed by atoms with Gasteiger partial charge >= 0.3 is 5.97 Å². The van der Waals surface area contributed by atoms with E-state index in [0.717, 1.165) is 22.0 Å². The van der Waals surface area contributed by atoms with Crippen LogP contribution in [0.15, 0.2) is 54.7 Å². The summed E-state index contributed by atoms with van der Waals surface area (Å²) in [5, 5.41) is 26.9. The fourth-order valence-electron chi connectivity index (χ4n) is 3.83. The van der Waals surface area contributed by atoms with Gasteiger partial charge < -0.3 is 36.9 Å². The van der Waals surface area contributed by atoms with Crippen LogP contribution in [0.1, 0.15) is 18.1 Å². The number of para-hydroxylation sites is 1. The molecule has 0 radical (unpaired) electrons. The number of phenols is 1. The van der Waals surface area contributed by atoms with E-state index in [0.29, 0.717) is 0 Å². The molecule has 0 saturated heterocycles. The van der Waals surface area contributed by atoms with Gasteiger partial charge in [0.2, 0.25) is 17.7 Å². The largest absolute Gasteiger partial charge is 0.508 e. The molecule has 12 heteroatoms. The Hall–Kier alpha value is -4.03. The summed E-state index contributed by atoms with van der Waals surface area (Å²) in [7, 11) is 0. The van der Waals surface area contributed by atoms with E-state index in [2.05, 4.69) is 33.6 Å². The molecule has 1 aromatic heterocycles. The number of rotatable bonds is 12. The molecule has 0 aliphatic carbocycles. The maximum absolute atomic E-state index is 13.3. The van der Waals surface area contributed by atoms with Crippen molar-refractivity contribution in [3.8, 4) is 5.75 Å². The Morgan fingerprint density at radius 3 is 2.21 bits per heavy atom. The highest BCUT2D eigenvalue weighted by Gasteiger charge is 2.29. The lowest BCUT2D eigenvalue weighted by atomic mass is 10.0. The molecule has 38 heavy (non-hydrogen) atoms. The van der Waals surface area contributed by atoms with Crippen LogP contribution in [0.3, 0.4) is 0 Å². The number of benzene rings is 2. The van der Waals surface area contributed by atoms with Gasteiger partial charge in [-0.15, -0.1) is 0 Å². The summed E-state index contributed by atoms with van der Waals surface area (Å²) in [5.74, 6) is -3.19. The van der Waals surface area contributed by atoms with Gasteiger partial charge in [0.15, 0.2) is 0 Å². The van der Waals surface area contributed by atoms with Crippen LogP contribution in [0, 0.1) is 0 Å². The fraction of sp³-hybridized carbons (Fsp3) is 0.308. The third kappa shape index (κ3) is 7.49. The molecule has 4 atom stereocenters. The second kappa shape index (κ2) is 13.0. The van der Waals surface area contributed by atoms with Crippen molar-refractivity contribution in [1.82, 2.24) is 20.9 Å². The number of aromatic amines is 1. The van der Waals surface area contributed by atoms with Crippen LogP contribution in [0.2, 0.25) is 0 Å². The minimum atomic E-state index is -1.23. The number of hydrogen-bond donors (Lipinski definition) is 8. The Bertz CT molecular complexity index is 1290. The Labute approximate surface area is 224 Å². The predicted octanol–water partition coefficient (Wildman–Crippen LogP) is 0.475. The van der Waals surface area contributed by atoms with E-state index in [-0.39, 0.29) is 24.3 Å². The van der Waals surface area contributed by atoms with Crippen molar-refractivity contribution in [2.24, 2.45) is 5.73 Å². The number of hydrogen-bond acceptors (Lipinski definition) is 7. The zero-order valence-electron chi connectivity index (χ0n) is 20.7. The van der Waals surface area contributed by atoms with Crippen LogP contribution in [0.25, 0.3) is 10.9 Å². The number of carbonyl (C=O) groups excluding carboxylic acids is 3. The molecule has 1 heterocycles. The zero-order chi connectivity index (χ0) is 27.8. The third-order valence-corrected chi connectivity index (χ3v) is 6.37. The number of carboxylic acids is 1. The molecule has 202 valence electrons. The molecular formula is C26H31N5O6S. The van der Waals surface area contributed by atoms with Crippen LogP contribution in [-0.2, 0) is 32.0 Å². The van der Waals surface area contributed by atoms with Gasteiger partial charge in [-0.2, -0.15) is 12.6 Å². The number of nitrogens with two attached hydrogens (primary N) is 1. The van der Waals surface area contributed by atoms with Crippen molar-refractivity contribution in [2.45, 2.75) is 43.9 Å². The maximum atomic E-state index is 13.3. The number of thiol groups is 1. The number of amides is 3. The number of fused-ring (bicyclic) bond motifs is 1. The van der Waals surface area contributed by atoms with Crippen molar-refractivity contribution < 1.29 is 29.4 Å². The lowest BCUT2D eigenvalue weighted by Gasteiger charge is -2.24. The molecular weight excluding hydrogens is 510 g/mol. The van der Waals surface area contributed by atoms with Crippen molar-refractivity contribution >= 4 is 47.2 Å². The monoisotopic (exact) mass is 541 g/mol. The second-order valence-corrected chi connectivity index (χ2v) is 9.28. The summed E-state index contributed by atoms with van der Waals surface area (Å²) in [6.07, 6.45) is 2.01. The standard InChI is InChI=1S/C26H31N5O6S/c1-14(26(36)37)29-25(35)22(13-38)31-24(34)21(11-16-12-28-20-5-3-2-4-18(16)20)30-23(33)19(27)10-15-6-8-17(32)9-7-15/h2-9,12,14,19,21-22,28,32,38H,10-11,13,27H2,1H3,(H,29,35)(H,30,33)(H,31,34)(H,36,37). The van der Waals surface area contributed by atoms with E-state index in [1.165, 1.54) is 19.1 Å². The van der Waals surface area contributed by atoms with Gasteiger partial charge in [-0.1, -0.05) is 30.3 Å². The number of nitrogens with one attached hydrogen (secondary N) is 4. The van der Waals surface area contributed by atoms with E-state index in [1.54, 1.807) is 18.3 Å². The minimum Gasteiger partial charge on any atom is -0.508 e. The van der Waals surface area contributed by atoms with Crippen molar-refractivity contribution in [2.75, 3.05) is 5.75 Å². The van der Waals surface area contributed by atoms with Gasteiger partial charge in [-0.05, 0) is 42.7 Å². The molecule has 0 spiro atoms. The van der Waals surface area contributed by atoms with Crippen molar-refractivity contribution in [1.29, 1.82) is 0 Å². The molecule has 3 aromatic rings. The molecule has 3 rings (SSSR count). The van der Waals surface area contributed by atoms with Crippen LogP contribution in [0.5, 0.6) is 5.75 Å². The summed E-state index contributed by atoms with van der Waals surface area (Å²) < 4.78 is 0. The van der Waals surface area contributed by atoms with Gasteiger partial charge in [0, 0.05) is 29.3 Å². The topological polar surface area (TPSA) is 187 Å². The van der Waals surface area contributed by atoms with E-state index in [1.807, 2.05) is 24.3 Å². The number of aromatic hydroxyl groups is 1. The van der Waals surface area contributed by atoms with Gasteiger partial charge in [-0.3, -0.25) is 19.2 Å².